The summed E-state index contributed by atoms with van der Waals surface area (Å²) >= 11 is 0. The van der Waals surface area contributed by atoms with Crippen LogP contribution in [0.1, 0.15) is 18.9 Å². The molecule has 0 bridgehead atoms. The Balaban J connectivity index is 2.42. The summed E-state index contributed by atoms with van der Waals surface area (Å²) in [4.78, 5) is 0. The smallest absolute Gasteiger partial charge is 0.118 e. The fourth-order valence-electron chi connectivity index (χ4n) is 1.35. The highest BCUT2D eigenvalue weighted by Gasteiger charge is 2.13. The monoisotopic (exact) mass is 234 g/mol. The minimum absolute atomic E-state index is 0.270. The molecule has 0 heterocycles. The van der Waals surface area contributed by atoms with Crippen LogP contribution >= 0.6 is 0 Å². The fraction of sp³-hybridized carbons (Fsp3) is 0.429. The maximum absolute atomic E-state index is 9.59. The van der Waals surface area contributed by atoms with E-state index in [1.165, 1.54) is 0 Å². The lowest BCUT2D eigenvalue weighted by atomic mass is 10.1. The summed E-state index contributed by atoms with van der Waals surface area (Å²) < 4.78 is 10.6. The van der Waals surface area contributed by atoms with Gasteiger partial charge in [-0.25, -0.2) is 0 Å². The molecule has 0 spiro atoms. The first-order chi connectivity index (χ1) is 8.17. The van der Waals surface area contributed by atoms with Crippen molar-refractivity contribution in [1.82, 2.24) is 0 Å². The quantitative estimate of drug-likeness (QED) is 0.765. The number of terminal acetylenes is 1. The average Bonchev–Trinajstić information content (AvgIpc) is 2.36. The first kappa shape index (κ1) is 13.6. The number of hydrogen-bond acceptors (Lipinski definition) is 3. The third-order valence-corrected chi connectivity index (χ3v) is 2.54. The maximum atomic E-state index is 9.59. The van der Waals surface area contributed by atoms with Crippen LogP contribution in [-0.4, -0.2) is 24.4 Å². The molecular weight excluding hydrogens is 216 g/mol. The van der Waals surface area contributed by atoms with Crippen LogP contribution in [0.25, 0.3) is 0 Å². The van der Waals surface area contributed by atoms with Gasteiger partial charge in [-0.1, -0.05) is 12.1 Å². The van der Waals surface area contributed by atoms with Crippen LogP contribution in [0, 0.1) is 12.3 Å². The molecule has 0 aliphatic heterocycles. The van der Waals surface area contributed by atoms with Gasteiger partial charge < -0.3 is 14.6 Å². The lowest BCUT2D eigenvalue weighted by molar-refractivity contribution is -0.0325. The van der Waals surface area contributed by atoms with E-state index in [0.29, 0.717) is 13.0 Å². The number of hydrogen-bond donors (Lipinski definition) is 1. The van der Waals surface area contributed by atoms with E-state index in [4.69, 9.17) is 15.9 Å². The van der Waals surface area contributed by atoms with Crippen LogP contribution in [0.5, 0.6) is 5.75 Å². The molecule has 0 aromatic heterocycles. The van der Waals surface area contributed by atoms with Gasteiger partial charge in [0, 0.05) is 6.42 Å². The first-order valence-electron chi connectivity index (χ1n) is 5.53. The number of rotatable bonds is 6. The van der Waals surface area contributed by atoms with Crippen LogP contribution in [0.3, 0.4) is 0 Å². The lowest BCUT2D eigenvalue weighted by Gasteiger charge is -2.17. The molecule has 3 heteroatoms. The fourth-order valence-corrected chi connectivity index (χ4v) is 1.35. The van der Waals surface area contributed by atoms with Gasteiger partial charge in [0.2, 0.25) is 0 Å². The molecule has 17 heavy (non-hydrogen) atoms. The predicted molar refractivity (Wildman–Crippen MR) is 66.7 cm³/mol. The number of benzene rings is 1. The van der Waals surface area contributed by atoms with Crippen LogP contribution in [0.4, 0.5) is 0 Å². The van der Waals surface area contributed by atoms with Crippen LogP contribution < -0.4 is 4.74 Å². The molecule has 1 rings (SSSR count). The van der Waals surface area contributed by atoms with Crippen molar-refractivity contribution in [2.45, 2.75) is 32.2 Å². The van der Waals surface area contributed by atoms with Crippen molar-refractivity contribution in [3.05, 3.63) is 29.8 Å². The van der Waals surface area contributed by atoms with Crippen molar-refractivity contribution < 1.29 is 14.6 Å². The van der Waals surface area contributed by atoms with Crippen LogP contribution in [-0.2, 0) is 11.3 Å². The molecule has 1 aromatic carbocycles. The predicted octanol–water partition coefficient (Wildman–Crippen LogP) is 1.98. The number of ether oxygens (including phenoxy) is 2. The molecular formula is C14H18O3. The summed E-state index contributed by atoms with van der Waals surface area (Å²) in [7, 11) is 1.63. The van der Waals surface area contributed by atoms with Gasteiger partial charge in [-0.3, -0.25) is 0 Å². The summed E-state index contributed by atoms with van der Waals surface area (Å²) in [6.45, 7) is 2.26. The van der Waals surface area contributed by atoms with Crippen molar-refractivity contribution in [2.24, 2.45) is 0 Å². The number of methoxy groups -OCH3 is 1. The molecule has 0 saturated carbocycles. The van der Waals surface area contributed by atoms with E-state index in [2.05, 4.69) is 5.92 Å². The van der Waals surface area contributed by atoms with Crippen LogP contribution in [0.2, 0.25) is 0 Å². The van der Waals surface area contributed by atoms with Crippen molar-refractivity contribution in [2.75, 3.05) is 7.11 Å². The molecule has 0 radical (unpaired) electrons. The van der Waals surface area contributed by atoms with Gasteiger partial charge in [-0.2, -0.15) is 0 Å². The van der Waals surface area contributed by atoms with E-state index in [1.54, 1.807) is 7.11 Å². The zero-order chi connectivity index (χ0) is 12.7. The van der Waals surface area contributed by atoms with Gasteiger partial charge in [-0.05, 0) is 24.6 Å². The Morgan fingerprint density at radius 2 is 2.00 bits per heavy atom. The van der Waals surface area contributed by atoms with E-state index in [-0.39, 0.29) is 6.10 Å². The van der Waals surface area contributed by atoms with Gasteiger partial charge in [0.05, 0.1) is 25.9 Å². The van der Waals surface area contributed by atoms with E-state index in [1.807, 2.05) is 31.2 Å². The van der Waals surface area contributed by atoms with Gasteiger partial charge in [0.25, 0.3) is 0 Å². The van der Waals surface area contributed by atoms with Gasteiger partial charge >= 0.3 is 0 Å². The molecule has 3 nitrogen and oxygen atoms in total. The second kappa shape index (κ2) is 6.95. The van der Waals surface area contributed by atoms with Crippen molar-refractivity contribution in [1.29, 1.82) is 0 Å². The van der Waals surface area contributed by atoms with Gasteiger partial charge in [-0.15, -0.1) is 12.3 Å². The molecule has 0 saturated heterocycles. The summed E-state index contributed by atoms with van der Waals surface area (Å²) in [5.41, 5.74) is 1.03. The molecule has 0 aliphatic rings. The second-order valence-electron chi connectivity index (χ2n) is 3.84. The Kier molecular flexibility index (Phi) is 5.55. The van der Waals surface area contributed by atoms with Crippen molar-refractivity contribution in [3.8, 4) is 18.1 Å². The SMILES string of the molecule is C#CC[C@H](O)[C@H](C)OCc1ccc(OC)cc1. The second-order valence-corrected chi connectivity index (χ2v) is 3.84. The Labute approximate surface area is 102 Å². The third kappa shape index (κ3) is 4.48. The lowest BCUT2D eigenvalue weighted by Crippen LogP contribution is -2.25. The van der Waals surface area contributed by atoms with E-state index in [0.717, 1.165) is 11.3 Å². The van der Waals surface area contributed by atoms with E-state index in [9.17, 15) is 5.11 Å². The number of aliphatic hydroxyl groups excluding tert-OH is 1. The highest BCUT2D eigenvalue weighted by molar-refractivity contribution is 5.26. The summed E-state index contributed by atoms with van der Waals surface area (Å²) in [5, 5.41) is 9.59. The van der Waals surface area contributed by atoms with E-state index < -0.39 is 6.10 Å². The number of aliphatic hydroxyl groups is 1. The van der Waals surface area contributed by atoms with Crippen LogP contribution in [0.15, 0.2) is 24.3 Å². The van der Waals surface area contributed by atoms with Gasteiger partial charge in [0.1, 0.15) is 5.75 Å². The zero-order valence-corrected chi connectivity index (χ0v) is 10.2. The molecule has 1 N–H and O–H groups in total. The third-order valence-electron chi connectivity index (χ3n) is 2.54. The first-order valence-corrected chi connectivity index (χ1v) is 5.53. The van der Waals surface area contributed by atoms with E-state index >= 15 is 0 Å². The Morgan fingerprint density at radius 3 is 2.53 bits per heavy atom. The summed E-state index contributed by atoms with van der Waals surface area (Å²) in [6.07, 6.45) is 4.55. The average molecular weight is 234 g/mol. The molecule has 0 amide bonds. The summed E-state index contributed by atoms with van der Waals surface area (Å²) in [5.74, 6) is 3.23. The molecule has 0 aliphatic carbocycles. The minimum Gasteiger partial charge on any atom is -0.497 e. The molecule has 0 fully saturated rings. The summed E-state index contributed by atoms with van der Waals surface area (Å²) in [6, 6.07) is 7.61. The highest BCUT2D eigenvalue weighted by Crippen LogP contribution is 2.13. The van der Waals surface area contributed by atoms with Crippen molar-refractivity contribution >= 4 is 0 Å². The largest absolute Gasteiger partial charge is 0.497 e. The molecule has 92 valence electrons. The molecule has 0 unspecified atom stereocenters. The zero-order valence-electron chi connectivity index (χ0n) is 10.2. The topological polar surface area (TPSA) is 38.7 Å². The van der Waals surface area contributed by atoms with Crippen molar-refractivity contribution in [3.63, 3.8) is 0 Å². The molecule has 1 aromatic rings. The maximum Gasteiger partial charge on any atom is 0.118 e. The Morgan fingerprint density at radius 1 is 1.35 bits per heavy atom. The van der Waals surface area contributed by atoms with Gasteiger partial charge in [0.15, 0.2) is 0 Å². The Bertz CT molecular complexity index is 364. The Hall–Kier alpha value is -1.50. The standard InChI is InChI=1S/C14H18O3/c1-4-5-14(15)11(2)17-10-12-6-8-13(16-3)9-7-12/h1,6-9,11,14-15H,5,10H2,2-3H3/t11-,14-/m0/s1. The highest BCUT2D eigenvalue weighted by atomic mass is 16.5. The minimum atomic E-state index is -0.613. The molecule has 2 atom stereocenters. The normalized spacial score (nSPS) is 13.8.